The number of H-pyrrole nitrogens is 1. The summed E-state index contributed by atoms with van der Waals surface area (Å²) >= 11 is 0. The molecule has 0 aliphatic rings. The molecule has 5 nitrogen and oxygen atoms in total. The first kappa shape index (κ1) is 14.1. The molecule has 1 aromatic carbocycles. The topological polar surface area (TPSA) is 79.4 Å². The fraction of sp³-hybridized carbons (Fsp3) is 0.333. The zero-order valence-electron chi connectivity index (χ0n) is 11.4. The van der Waals surface area contributed by atoms with Gasteiger partial charge in [0.15, 0.2) is 6.10 Å². The van der Waals surface area contributed by atoms with E-state index < -0.39 is 18.0 Å². The number of carbonyl (C=O) groups is 2. The molecule has 1 heterocycles. The van der Waals surface area contributed by atoms with Crippen molar-refractivity contribution in [3.05, 3.63) is 36.0 Å². The highest BCUT2D eigenvalue weighted by atomic mass is 16.6. The molecule has 20 heavy (non-hydrogen) atoms. The van der Waals surface area contributed by atoms with E-state index in [1.54, 1.807) is 12.3 Å². The highest BCUT2D eigenvalue weighted by Crippen LogP contribution is 2.20. The Morgan fingerprint density at radius 1 is 1.30 bits per heavy atom. The van der Waals surface area contributed by atoms with Crippen LogP contribution in [-0.4, -0.2) is 28.1 Å². The standard InChI is InChI=1S/C15H17NO4/c1-9(2)7-13(14(17)18)20-15(19)11-8-16-12-6-4-3-5-10(11)12/h3-6,8-9,13,16H,7H2,1-2H3,(H,17,18)/t13-/m1/s1. The minimum Gasteiger partial charge on any atom is -0.479 e. The van der Waals surface area contributed by atoms with Crippen molar-refractivity contribution in [3.8, 4) is 0 Å². The van der Waals surface area contributed by atoms with E-state index in [9.17, 15) is 9.59 Å². The Morgan fingerprint density at radius 2 is 2.00 bits per heavy atom. The molecule has 0 bridgehead atoms. The maximum Gasteiger partial charge on any atom is 0.345 e. The molecule has 0 aliphatic heterocycles. The molecule has 0 aliphatic carbocycles. The number of nitrogens with one attached hydrogen (secondary N) is 1. The van der Waals surface area contributed by atoms with Crippen molar-refractivity contribution in [2.75, 3.05) is 0 Å². The van der Waals surface area contributed by atoms with Gasteiger partial charge in [-0.3, -0.25) is 0 Å². The summed E-state index contributed by atoms with van der Waals surface area (Å²) in [7, 11) is 0. The number of benzene rings is 1. The van der Waals surface area contributed by atoms with Crippen LogP contribution in [-0.2, 0) is 9.53 Å². The van der Waals surface area contributed by atoms with Gasteiger partial charge < -0.3 is 14.8 Å². The molecule has 0 radical (unpaired) electrons. The fourth-order valence-electron chi connectivity index (χ4n) is 2.06. The lowest BCUT2D eigenvalue weighted by molar-refractivity contribution is -0.148. The van der Waals surface area contributed by atoms with Crippen LogP contribution >= 0.6 is 0 Å². The SMILES string of the molecule is CC(C)C[C@@H](OC(=O)c1c[nH]c2ccccc12)C(=O)O. The van der Waals surface area contributed by atoms with E-state index in [1.807, 2.05) is 32.0 Å². The number of fused-ring (bicyclic) bond motifs is 1. The summed E-state index contributed by atoms with van der Waals surface area (Å²) in [5, 5.41) is 9.82. The van der Waals surface area contributed by atoms with Gasteiger partial charge in [0.2, 0.25) is 0 Å². The highest BCUT2D eigenvalue weighted by Gasteiger charge is 2.25. The summed E-state index contributed by atoms with van der Waals surface area (Å²) in [6, 6.07) is 7.30. The van der Waals surface area contributed by atoms with Gasteiger partial charge in [-0.25, -0.2) is 9.59 Å². The Morgan fingerprint density at radius 3 is 2.65 bits per heavy atom. The van der Waals surface area contributed by atoms with Gasteiger partial charge in [-0.1, -0.05) is 32.0 Å². The minimum absolute atomic E-state index is 0.131. The van der Waals surface area contributed by atoms with E-state index in [1.165, 1.54) is 0 Å². The molecule has 5 heteroatoms. The van der Waals surface area contributed by atoms with Crippen LogP contribution < -0.4 is 0 Å². The number of ether oxygens (including phenoxy) is 1. The smallest absolute Gasteiger partial charge is 0.345 e. The molecular weight excluding hydrogens is 258 g/mol. The zero-order chi connectivity index (χ0) is 14.7. The molecule has 0 unspecified atom stereocenters. The third kappa shape index (κ3) is 2.99. The Hall–Kier alpha value is -2.30. The molecule has 1 atom stereocenters. The molecule has 2 rings (SSSR count). The molecular formula is C15H17NO4. The molecule has 0 spiro atoms. The van der Waals surface area contributed by atoms with Crippen LogP contribution in [0, 0.1) is 5.92 Å². The van der Waals surface area contributed by atoms with Crippen LogP contribution in [0.4, 0.5) is 0 Å². The van der Waals surface area contributed by atoms with E-state index in [0.717, 1.165) is 10.9 Å². The van der Waals surface area contributed by atoms with Crippen LogP contribution in [0.25, 0.3) is 10.9 Å². The van der Waals surface area contributed by atoms with Gasteiger partial charge in [0.1, 0.15) is 0 Å². The number of carboxylic acid groups (broad SMARTS) is 1. The Labute approximate surface area is 116 Å². The lowest BCUT2D eigenvalue weighted by Gasteiger charge is -2.15. The lowest BCUT2D eigenvalue weighted by Crippen LogP contribution is -2.28. The number of carbonyl (C=O) groups excluding carboxylic acids is 1. The number of aromatic amines is 1. The molecule has 0 amide bonds. The van der Waals surface area contributed by atoms with Gasteiger partial charge >= 0.3 is 11.9 Å². The third-order valence-corrected chi connectivity index (χ3v) is 3.02. The van der Waals surface area contributed by atoms with Crippen LogP contribution in [0.1, 0.15) is 30.6 Å². The quantitative estimate of drug-likeness (QED) is 0.822. The molecule has 0 saturated carbocycles. The number of rotatable bonds is 5. The minimum atomic E-state index is -1.12. The van der Waals surface area contributed by atoms with Gasteiger partial charge in [0.05, 0.1) is 5.56 Å². The summed E-state index contributed by atoms with van der Waals surface area (Å²) in [4.78, 5) is 26.2. The predicted octanol–water partition coefficient (Wildman–Crippen LogP) is 2.82. The molecule has 2 N–H and O–H groups in total. The van der Waals surface area contributed by atoms with Gasteiger partial charge in [0, 0.05) is 17.1 Å². The van der Waals surface area contributed by atoms with E-state index >= 15 is 0 Å². The van der Waals surface area contributed by atoms with Gasteiger partial charge in [-0.2, -0.15) is 0 Å². The van der Waals surface area contributed by atoms with Crippen molar-refractivity contribution in [1.29, 1.82) is 0 Å². The normalized spacial score (nSPS) is 12.6. The van der Waals surface area contributed by atoms with Crippen LogP contribution in [0.15, 0.2) is 30.5 Å². The predicted molar refractivity (Wildman–Crippen MR) is 74.6 cm³/mol. The monoisotopic (exact) mass is 275 g/mol. The van der Waals surface area contributed by atoms with Crippen LogP contribution in [0.5, 0.6) is 0 Å². The van der Waals surface area contributed by atoms with E-state index in [-0.39, 0.29) is 5.92 Å². The average Bonchev–Trinajstić information content (AvgIpc) is 2.81. The summed E-state index contributed by atoms with van der Waals surface area (Å²) in [6.07, 6.45) is 0.723. The summed E-state index contributed by atoms with van der Waals surface area (Å²) < 4.78 is 5.12. The van der Waals surface area contributed by atoms with Gasteiger partial charge in [0.25, 0.3) is 0 Å². The van der Waals surface area contributed by atoms with E-state index in [2.05, 4.69) is 4.98 Å². The van der Waals surface area contributed by atoms with Crippen molar-refractivity contribution >= 4 is 22.8 Å². The summed E-state index contributed by atoms with van der Waals surface area (Å²) in [6.45, 7) is 3.77. The Balaban J connectivity index is 2.20. The van der Waals surface area contributed by atoms with Crippen molar-refractivity contribution in [1.82, 2.24) is 4.98 Å². The first-order valence-electron chi connectivity index (χ1n) is 6.49. The molecule has 2 aromatic rings. The van der Waals surface area contributed by atoms with E-state index in [4.69, 9.17) is 9.84 Å². The number of aliphatic carboxylic acids is 1. The fourth-order valence-corrected chi connectivity index (χ4v) is 2.06. The Kier molecular flexibility index (Phi) is 4.08. The maximum atomic E-state index is 12.1. The average molecular weight is 275 g/mol. The van der Waals surface area contributed by atoms with Crippen molar-refractivity contribution in [3.63, 3.8) is 0 Å². The zero-order valence-corrected chi connectivity index (χ0v) is 11.4. The third-order valence-electron chi connectivity index (χ3n) is 3.02. The van der Waals surface area contributed by atoms with Gasteiger partial charge in [-0.05, 0) is 18.4 Å². The second-order valence-corrected chi connectivity index (χ2v) is 5.11. The van der Waals surface area contributed by atoms with Gasteiger partial charge in [-0.15, -0.1) is 0 Å². The molecule has 0 fully saturated rings. The summed E-state index contributed by atoms with van der Waals surface area (Å²) in [5.74, 6) is -1.60. The molecule has 106 valence electrons. The van der Waals surface area contributed by atoms with Crippen molar-refractivity contribution in [2.45, 2.75) is 26.4 Å². The highest BCUT2D eigenvalue weighted by molar-refractivity contribution is 6.04. The first-order valence-corrected chi connectivity index (χ1v) is 6.49. The van der Waals surface area contributed by atoms with Crippen molar-refractivity contribution < 1.29 is 19.4 Å². The van der Waals surface area contributed by atoms with Crippen LogP contribution in [0.3, 0.4) is 0 Å². The molecule has 1 aromatic heterocycles. The number of carboxylic acids is 1. The van der Waals surface area contributed by atoms with E-state index in [0.29, 0.717) is 12.0 Å². The second-order valence-electron chi connectivity index (χ2n) is 5.11. The molecule has 0 saturated heterocycles. The first-order chi connectivity index (χ1) is 9.49. The number of para-hydroxylation sites is 1. The largest absolute Gasteiger partial charge is 0.479 e. The number of aromatic nitrogens is 1. The number of hydrogen-bond donors (Lipinski definition) is 2. The second kappa shape index (κ2) is 5.77. The van der Waals surface area contributed by atoms with Crippen molar-refractivity contribution in [2.24, 2.45) is 5.92 Å². The Bertz CT molecular complexity index is 630. The number of hydrogen-bond acceptors (Lipinski definition) is 3. The van der Waals surface area contributed by atoms with Crippen LogP contribution in [0.2, 0.25) is 0 Å². The lowest BCUT2D eigenvalue weighted by atomic mass is 10.1. The number of esters is 1. The maximum absolute atomic E-state index is 12.1. The summed E-state index contributed by atoms with van der Waals surface area (Å²) in [5.41, 5.74) is 1.17.